The second kappa shape index (κ2) is 5.10. The summed E-state index contributed by atoms with van der Waals surface area (Å²) in [4.78, 5) is 12.1. The lowest BCUT2D eigenvalue weighted by Crippen LogP contribution is -2.46. The van der Waals surface area contributed by atoms with Gasteiger partial charge in [0.15, 0.2) is 0 Å². The monoisotopic (exact) mass is 258 g/mol. The van der Waals surface area contributed by atoms with Gasteiger partial charge in [-0.15, -0.1) is 0 Å². The van der Waals surface area contributed by atoms with Crippen molar-refractivity contribution >= 4 is 17.5 Å². The molecule has 0 aliphatic heterocycles. The van der Waals surface area contributed by atoms with E-state index in [0.717, 1.165) is 0 Å². The van der Waals surface area contributed by atoms with Crippen LogP contribution < -0.4 is 5.32 Å². The lowest BCUT2D eigenvalue weighted by atomic mass is 10.1. The Morgan fingerprint density at radius 1 is 1.59 bits per heavy atom. The Morgan fingerprint density at radius 3 is 2.65 bits per heavy atom. The number of hydrogen-bond donors (Lipinski definition) is 2. The highest BCUT2D eigenvalue weighted by molar-refractivity contribution is 6.31. The summed E-state index contributed by atoms with van der Waals surface area (Å²) in [6, 6.07) is 1.78. The van der Waals surface area contributed by atoms with E-state index < -0.39 is 5.54 Å². The molecule has 96 valence electrons. The van der Waals surface area contributed by atoms with Gasteiger partial charge in [0, 0.05) is 12.2 Å². The summed E-state index contributed by atoms with van der Waals surface area (Å²) < 4.78 is 1.81. The zero-order valence-electron chi connectivity index (χ0n) is 10.6. The summed E-state index contributed by atoms with van der Waals surface area (Å²) >= 11 is 5.91. The molecule has 0 fully saturated rings. The molecule has 5 heteroatoms. The molecule has 0 aliphatic rings. The number of aromatic nitrogens is 1. The third kappa shape index (κ3) is 3.48. The highest BCUT2D eigenvalue weighted by atomic mass is 35.5. The van der Waals surface area contributed by atoms with Gasteiger partial charge >= 0.3 is 0 Å². The van der Waals surface area contributed by atoms with Crippen LogP contribution >= 0.6 is 11.6 Å². The Balaban J connectivity index is 2.96. The molecule has 1 aromatic heterocycles. The summed E-state index contributed by atoms with van der Waals surface area (Å²) in [6.45, 7) is 7.35. The first-order chi connectivity index (χ1) is 7.76. The predicted molar refractivity (Wildman–Crippen MR) is 68.5 cm³/mol. The SMILES string of the molecule is CC(C)n1cc(Cl)cc1C(=O)NC(C)(C)CO. The van der Waals surface area contributed by atoms with Crippen LogP contribution in [0.25, 0.3) is 0 Å². The van der Waals surface area contributed by atoms with Crippen LogP contribution in [-0.2, 0) is 0 Å². The first kappa shape index (κ1) is 14.1. The minimum Gasteiger partial charge on any atom is -0.394 e. The molecular formula is C12H19ClN2O2. The van der Waals surface area contributed by atoms with Crippen LogP contribution in [-0.4, -0.2) is 27.7 Å². The number of aliphatic hydroxyl groups is 1. The Kier molecular flexibility index (Phi) is 4.22. The molecule has 1 aromatic rings. The summed E-state index contributed by atoms with van der Waals surface area (Å²) in [6.07, 6.45) is 1.73. The third-order valence-electron chi connectivity index (χ3n) is 2.45. The van der Waals surface area contributed by atoms with Gasteiger partial charge in [0.2, 0.25) is 0 Å². The molecule has 4 nitrogen and oxygen atoms in total. The van der Waals surface area contributed by atoms with Crippen molar-refractivity contribution in [3.05, 3.63) is 23.0 Å². The molecule has 0 bridgehead atoms. The minimum absolute atomic E-state index is 0.116. The molecule has 2 N–H and O–H groups in total. The first-order valence-electron chi connectivity index (χ1n) is 5.57. The van der Waals surface area contributed by atoms with Gasteiger partial charge in [0.25, 0.3) is 5.91 Å². The lowest BCUT2D eigenvalue weighted by Gasteiger charge is -2.24. The van der Waals surface area contributed by atoms with E-state index in [9.17, 15) is 4.79 Å². The number of nitrogens with zero attached hydrogens (tertiary/aromatic N) is 1. The molecular weight excluding hydrogens is 240 g/mol. The van der Waals surface area contributed by atoms with Crippen molar-refractivity contribution < 1.29 is 9.90 Å². The molecule has 0 atom stereocenters. The number of nitrogens with one attached hydrogen (secondary N) is 1. The summed E-state index contributed by atoms with van der Waals surface area (Å²) in [5, 5.41) is 12.4. The van der Waals surface area contributed by atoms with Crippen molar-refractivity contribution in [2.75, 3.05) is 6.61 Å². The normalized spacial score (nSPS) is 11.9. The molecule has 17 heavy (non-hydrogen) atoms. The van der Waals surface area contributed by atoms with E-state index in [4.69, 9.17) is 16.7 Å². The smallest absolute Gasteiger partial charge is 0.268 e. The molecule has 0 aromatic carbocycles. The van der Waals surface area contributed by atoms with Gasteiger partial charge in [0.1, 0.15) is 5.69 Å². The predicted octanol–water partition coefficient (Wildman–Crippen LogP) is 2.22. The van der Waals surface area contributed by atoms with Gasteiger partial charge in [-0.05, 0) is 33.8 Å². The van der Waals surface area contributed by atoms with Crippen molar-refractivity contribution in [2.24, 2.45) is 0 Å². The highest BCUT2D eigenvalue weighted by Crippen LogP contribution is 2.19. The number of carbonyl (C=O) groups is 1. The van der Waals surface area contributed by atoms with E-state index in [1.165, 1.54) is 0 Å². The number of amides is 1. The van der Waals surface area contributed by atoms with Gasteiger partial charge in [-0.1, -0.05) is 11.6 Å². The molecule has 0 saturated heterocycles. The van der Waals surface area contributed by atoms with Crippen molar-refractivity contribution in [3.63, 3.8) is 0 Å². The minimum atomic E-state index is -0.643. The van der Waals surface area contributed by atoms with Gasteiger partial charge in [-0.2, -0.15) is 0 Å². The molecule has 1 amide bonds. The first-order valence-corrected chi connectivity index (χ1v) is 5.95. The van der Waals surface area contributed by atoms with E-state index >= 15 is 0 Å². The number of halogens is 1. The fourth-order valence-electron chi connectivity index (χ4n) is 1.47. The Morgan fingerprint density at radius 2 is 2.18 bits per heavy atom. The molecule has 0 saturated carbocycles. The zero-order valence-corrected chi connectivity index (χ0v) is 11.4. The third-order valence-corrected chi connectivity index (χ3v) is 2.66. The average molecular weight is 259 g/mol. The van der Waals surface area contributed by atoms with Crippen LogP contribution in [0.3, 0.4) is 0 Å². The summed E-state index contributed by atoms with van der Waals surface area (Å²) in [5.41, 5.74) is -0.137. The van der Waals surface area contributed by atoms with Crippen molar-refractivity contribution in [1.82, 2.24) is 9.88 Å². The number of hydrogen-bond acceptors (Lipinski definition) is 2. The number of rotatable bonds is 4. The summed E-state index contributed by atoms with van der Waals surface area (Å²) in [5.74, 6) is -0.232. The van der Waals surface area contributed by atoms with Gasteiger partial charge in [-0.3, -0.25) is 4.79 Å². The number of carbonyl (C=O) groups excluding carboxylic acids is 1. The van der Waals surface area contributed by atoms with Crippen LogP contribution in [0.4, 0.5) is 0 Å². The van der Waals surface area contributed by atoms with E-state index in [2.05, 4.69) is 5.32 Å². The number of aliphatic hydroxyl groups excluding tert-OH is 1. The van der Waals surface area contributed by atoms with E-state index in [1.54, 1.807) is 26.1 Å². The molecule has 0 aliphatic carbocycles. The Bertz CT molecular complexity index is 411. The Labute approximate surface area is 107 Å². The maximum absolute atomic E-state index is 12.1. The van der Waals surface area contributed by atoms with Crippen molar-refractivity contribution in [2.45, 2.75) is 39.3 Å². The fraction of sp³-hybridized carbons (Fsp3) is 0.583. The van der Waals surface area contributed by atoms with Crippen LogP contribution in [0.2, 0.25) is 5.02 Å². The second-order valence-electron chi connectivity index (χ2n) is 5.04. The summed E-state index contributed by atoms with van der Waals surface area (Å²) in [7, 11) is 0. The zero-order chi connectivity index (χ0) is 13.2. The fourth-order valence-corrected chi connectivity index (χ4v) is 1.67. The lowest BCUT2D eigenvalue weighted by molar-refractivity contribution is 0.0858. The largest absolute Gasteiger partial charge is 0.394 e. The molecule has 1 rings (SSSR count). The molecule has 0 radical (unpaired) electrons. The highest BCUT2D eigenvalue weighted by Gasteiger charge is 2.22. The van der Waals surface area contributed by atoms with Crippen molar-refractivity contribution in [3.8, 4) is 0 Å². The maximum Gasteiger partial charge on any atom is 0.268 e. The molecule has 1 heterocycles. The van der Waals surface area contributed by atoms with Gasteiger partial charge < -0.3 is 15.0 Å². The van der Waals surface area contributed by atoms with Crippen LogP contribution in [0, 0.1) is 0 Å². The maximum atomic E-state index is 12.1. The topological polar surface area (TPSA) is 54.3 Å². The van der Waals surface area contributed by atoms with Crippen LogP contribution in [0.15, 0.2) is 12.3 Å². The van der Waals surface area contributed by atoms with E-state index in [1.807, 2.05) is 18.4 Å². The van der Waals surface area contributed by atoms with E-state index in [-0.39, 0.29) is 18.6 Å². The quantitative estimate of drug-likeness (QED) is 0.870. The van der Waals surface area contributed by atoms with Crippen LogP contribution in [0.5, 0.6) is 0 Å². The van der Waals surface area contributed by atoms with Gasteiger partial charge in [-0.25, -0.2) is 0 Å². The second-order valence-corrected chi connectivity index (χ2v) is 5.48. The molecule has 0 spiro atoms. The van der Waals surface area contributed by atoms with Crippen LogP contribution in [0.1, 0.15) is 44.2 Å². The standard InChI is InChI=1S/C12H19ClN2O2/c1-8(2)15-6-9(13)5-10(15)11(17)14-12(3,4)7-16/h5-6,8,16H,7H2,1-4H3,(H,14,17). The average Bonchev–Trinajstić information content (AvgIpc) is 2.60. The van der Waals surface area contributed by atoms with Crippen molar-refractivity contribution in [1.29, 1.82) is 0 Å². The van der Waals surface area contributed by atoms with Gasteiger partial charge in [0.05, 0.1) is 17.2 Å². The molecule has 0 unspecified atom stereocenters. The Hall–Kier alpha value is -1.00. The van der Waals surface area contributed by atoms with E-state index in [0.29, 0.717) is 10.7 Å².